The van der Waals surface area contributed by atoms with E-state index in [0.717, 1.165) is 39.2 Å². The van der Waals surface area contributed by atoms with E-state index >= 15 is 0 Å². The average Bonchev–Trinajstić information content (AvgIpc) is 2.30. The third-order valence-corrected chi connectivity index (χ3v) is 3.47. The summed E-state index contributed by atoms with van der Waals surface area (Å²) < 4.78 is 10.6. The molecule has 2 aliphatic rings. The maximum Gasteiger partial charge on any atom is 0.222 e. The molecule has 2 aliphatic heterocycles. The maximum absolute atomic E-state index is 11.9. The number of rotatable bonds is 3. The van der Waals surface area contributed by atoms with Crippen molar-refractivity contribution in [3.05, 3.63) is 0 Å². The zero-order valence-electron chi connectivity index (χ0n) is 10.5. The van der Waals surface area contributed by atoms with Crippen molar-refractivity contribution in [1.82, 2.24) is 10.6 Å². The van der Waals surface area contributed by atoms with E-state index in [1.54, 1.807) is 0 Å². The molecule has 0 saturated carbocycles. The van der Waals surface area contributed by atoms with Gasteiger partial charge in [-0.25, -0.2) is 0 Å². The van der Waals surface area contributed by atoms with Crippen LogP contribution in [0.15, 0.2) is 0 Å². The Morgan fingerprint density at radius 3 is 2.76 bits per heavy atom. The minimum atomic E-state index is -0.0924. The second-order valence-corrected chi connectivity index (χ2v) is 5.15. The molecule has 2 saturated heterocycles. The van der Waals surface area contributed by atoms with Crippen LogP contribution in [0, 0.1) is 0 Å². The Morgan fingerprint density at radius 2 is 2.12 bits per heavy atom. The lowest BCUT2D eigenvalue weighted by Gasteiger charge is -2.35. The molecule has 98 valence electrons. The van der Waals surface area contributed by atoms with Crippen LogP contribution in [0.25, 0.3) is 0 Å². The van der Waals surface area contributed by atoms with Crippen LogP contribution < -0.4 is 10.6 Å². The summed E-state index contributed by atoms with van der Waals surface area (Å²) in [6.45, 7) is 5.78. The summed E-state index contributed by atoms with van der Waals surface area (Å²) in [6, 6.07) is 0.159. The van der Waals surface area contributed by atoms with Crippen LogP contribution in [0.5, 0.6) is 0 Å². The zero-order chi connectivity index (χ0) is 12.1. The molecule has 1 unspecified atom stereocenters. The largest absolute Gasteiger partial charge is 0.381 e. The van der Waals surface area contributed by atoms with Crippen molar-refractivity contribution in [2.75, 3.05) is 33.0 Å². The third-order valence-electron chi connectivity index (χ3n) is 3.47. The highest BCUT2D eigenvalue weighted by atomic mass is 16.5. The summed E-state index contributed by atoms with van der Waals surface area (Å²) in [5.74, 6) is 0.109. The molecule has 0 aromatic heterocycles. The summed E-state index contributed by atoms with van der Waals surface area (Å²) in [6.07, 6.45) is 2.29. The first-order chi connectivity index (χ1) is 8.18. The Morgan fingerprint density at radius 1 is 1.35 bits per heavy atom. The number of nitrogens with one attached hydrogen (secondary N) is 2. The predicted molar refractivity (Wildman–Crippen MR) is 63.8 cm³/mol. The van der Waals surface area contributed by atoms with Crippen molar-refractivity contribution < 1.29 is 14.3 Å². The van der Waals surface area contributed by atoms with Crippen LogP contribution in [0.4, 0.5) is 0 Å². The predicted octanol–water partition coefficient (Wildman–Crippen LogP) is 0.0502. The first kappa shape index (κ1) is 12.8. The molecular weight excluding hydrogens is 220 g/mol. The molecule has 0 aromatic rings. The standard InChI is InChI=1S/C12H22N2O3/c1-12(2-5-16-6-3-12)14-11(15)8-10-9-17-7-4-13-10/h10,13H,2-9H2,1H3,(H,14,15). The summed E-state index contributed by atoms with van der Waals surface area (Å²) in [5.41, 5.74) is -0.0924. The van der Waals surface area contributed by atoms with Gasteiger partial charge in [-0.15, -0.1) is 0 Å². The van der Waals surface area contributed by atoms with Crippen LogP contribution >= 0.6 is 0 Å². The Kier molecular flexibility index (Phi) is 4.36. The SMILES string of the molecule is CC1(NC(=O)CC2COCCN2)CCOCC1. The summed E-state index contributed by atoms with van der Waals surface area (Å²) >= 11 is 0. The van der Waals surface area contributed by atoms with Gasteiger partial charge in [0, 0.05) is 37.8 Å². The number of hydrogen-bond acceptors (Lipinski definition) is 4. The van der Waals surface area contributed by atoms with Gasteiger partial charge >= 0.3 is 0 Å². The summed E-state index contributed by atoms with van der Waals surface area (Å²) in [7, 11) is 0. The van der Waals surface area contributed by atoms with Gasteiger partial charge in [0.15, 0.2) is 0 Å². The molecule has 0 bridgehead atoms. The van der Waals surface area contributed by atoms with Gasteiger partial charge in [0.25, 0.3) is 0 Å². The molecule has 2 N–H and O–H groups in total. The van der Waals surface area contributed by atoms with Gasteiger partial charge in [-0.05, 0) is 19.8 Å². The normalized spacial score (nSPS) is 28.6. The molecule has 2 rings (SSSR count). The van der Waals surface area contributed by atoms with Crippen molar-refractivity contribution in [2.24, 2.45) is 0 Å². The van der Waals surface area contributed by atoms with Gasteiger partial charge in [0.2, 0.25) is 5.91 Å². The molecule has 5 heteroatoms. The van der Waals surface area contributed by atoms with E-state index in [-0.39, 0.29) is 17.5 Å². The van der Waals surface area contributed by atoms with Crippen molar-refractivity contribution in [1.29, 1.82) is 0 Å². The molecule has 17 heavy (non-hydrogen) atoms. The van der Waals surface area contributed by atoms with Crippen LogP contribution in [0.2, 0.25) is 0 Å². The number of morpholine rings is 1. The second-order valence-electron chi connectivity index (χ2n) is 5.15. The first-order valence-corrected chi connectivity index (χ1v) is 6.38. The molecule has 2 heterocycles. The third kappa shape index (κ3) is 3.94. The van der Waals surface area contributed by atoms with Crippen molar-refractivity contribution in [2.45, 2.75) is 37.8 Å². The van der Waals surface area contributed by atoms with E-state index in [0.29, 0.717) is 13.0 Å². The summed E-state index contributed by atoms with van der Waals surface area (Å²) in [5, 5.41) is 6.42. The van der Waals surface area contributed by atoms with Crippen molar-refractivity contribution in [3.8, 4) is 0 Å². The smallest absolute Gasteiger partial charge is 0.222 e. The van der Waals surface area contributed by atoms with Gasteiger partial charge in [-0.3, -0.25) is 4.79 Å². The molecule has 2 fully saturated rings. The van der Waals surface area contributed by atoms with E-state index in [4.69, 9.17) is 9.47 Å². The number of carbonyl (C=O) groups is 1. The Bertz CT molecular complexity index is 258. The molecule has 1 amide bonds. The highest BCUT2D eigenvalue weighted by Gasteiger charge is 2.29. The lowest BCUT2D eigenvalue weighted by Crippen LogP contribution is -2.52. The number of amides is 1. The van der Waals surface area contributed by atoms with E-state index < -0.39 is 0 Å². The first-order valence-electron chi connectivity index (χ1n) is 6.38. The summed E-state index contributed by atoms with van der Waals surface area (Å²) in [4.78, 5) is 11.9. The second kappa shape index (κ2) is 5.80. The maximum atomic E-state index is 11.9. The Balaban J connectivity index is 1.75. The number of carbonyl (C=O) groups excluding carboxylic acids is 1. The molecule has 0 aliphatic carbocycles. The number of hydrogen-bond donors (Lipinski definition) is 2. The van der Waals surface area contributed by atoms with Gasteiger partial charge in [-0.2, -0.15) is 0 Å². The van der Waals surface area contributed by atoms with E-state index in [2.05, 4.69) is 17.6 Å². The average molecular weight is 242 g/mol. The molecule has 1 atom stereocenters. The Labute approximate surface area is 102 Å². The van der Waals surface area contributed by atoms with Gasteiger partial charge in [0.05, 0.1) is 13.2 Å². The molecular formula is C12H22N2O3. The molecule has 0 radical (unpaired) electrons. The number of ether oxygens (including phenoxy) is 2. The minimum Gasteiger partial charge on any atom is -0.381 e. The van der Waals surface area contributed by atoms with E-state index in [1.807, 2.05) is 0 Å². The van der Waals surface area contributed by atoms with E-state index in [1.165, 1.54) is 0 Å². The fourth-order valence-corrected chi connectivity index (χ4v) is 2.31. The molecule has 5 nitrogen and oxygen atoms in total. The topological polar surface area (TPSA) is 59.6 Å². The lowest BCUT2D eigenvalue weighted by atomic mass is 9.92. The highest BCUT2D eigenvalue weighted by molar-refractivity contribution is 5.77. The Hall–Kier alpha value is -0.650. The zero-order valence-corrected chi connectivity index (χ0v) is 10.5. The van der Waals surface area contributed by atoms with Crippen LogP contribution in [0.1, 0.15) is 26.2 Å². The highest BCUT2D eigenvalue weighted by Crippen LogP contribution is 2.19. The molecule has 0 spiro atoms. The van der Waals surface area contributed by atoms with Gasteiger partial charge in [-0.1, -0.05) is 0 Å². The minimum absolute atomic E-state index is 0.0924. The van der Waals surface area contributed by atoms with E-state index in [9.17, 15) is 4.79 Å². The molecule has 0 aromatic carbocycles. The fourth-order valence-electron chi connectivity index (χ4n) is 2.31. The van der Waals surface area contributed by atoms with Gasteiger partial charge < -0.3 is 20.1 Å². The lowest BCUT2D eigenvalue weighted by molar-refractivity contribution is -0.125. The van der Waals surface area contributed by atoms with Crippen molar-refractivity contribution in [3.63, 3.8) is 0 Å². The van der Waals surface area contributed by atoms with Crippen LogP contribution in [0.3, 0.4) is 0 Å². The quantitative estimate of drug-likeness (QED) is 0.734. The van der Waals surface area contributed by atoms with Gasteiger partial charge in [0.1, 0.15) is 0 Å². The van der Waals surface area contributed by atoms with Crippen LogP contribution in [-0.2, 0) is 14.3 Å². The van der Waals surface area contributed by atoms with Crippen molar-refractivity contribution >= 4 is 5.91 Å². The monoisotopic (exact) mass is 242 g/mol. The van der Waals surface area contributed by atoms with Crippen LogP contribution in [-0.4, -0.2) is 50.5 Å². The fraction of sp³-hybridized carbons (Fsp3) is 0.917.